The van der Waals surface area contributed by atoms with Crippen LogP contribution in [-0.2, 0) is 0 Å². The predicted octanol–water partition coefficient (Wildman–Crippen LogP) is 2.64. The molecule has 0 saturated carbocycles. The highest BCUT2D eigenvalue weighted by molar-refractivity contribution is 5.96. The maximum atomic E-state index is 12.8. The van der Waals surface area contributed by atoms with Crippen molar-refractivity contribution in [3.8, 4) is 0 Å². The van der Waals surface area contributed by atoms with Gasteiger partial charge in [-0.2, -0.15) is 0 Å². The molecule has 4 nitrogen and oxygen atoms in total. The smallest absolute Gasteiger partial charge is 0.255 e. The highest BCUT2D eigenvalue weighted by atomic mass is 16.2. The molecule has 20 heavy (non-hydrogen) atoms. The van der Waals surface area contributed by atoms with Crippen molar-refractivity contribution in [2.45, 2.75) is 59.0 Å². The molecule has 0 aromatic carbocycles. The minimum Gasteiger partial charge on any atom is -0.346 e. The number of amides is 1. The first-order valence-corrected chi connectivity index (χ1v) is 7.66. The Bertz CT molecular complexity index is 490. The molecule has 4 heteroatoms. The van der Waals surface area contributed by atoms with Crippen molar-refractivity contribution in [1.82, 2.24) is 9.47 Å². The van der Waals surface area contributed by atoms with Gasteiger partial charge in [0.2, 0.25) is 0 Å². The van der Waals surface area contributed by atoms with Crippen molar-refractivity contribution in [2.24, 2.45) is 5.73 Å². The van der Waals surface area contributed by atoms with Crippen molar-refractivity contribution >= 4 is 5.91 Å². The Balaban J connectivity index is 2.31. The Morgan fingerprint density at radius 2 is 2.10 bits per heavy atom. The van der Waals surface area contributed by atoms with Gasteiger partial charge in [0.15, 0.2) is 0 Å². The summed E-state index contributed by atoms with van der Waals surface area (Å²) in [6.07, 6.45) is 3.30. The van der Waals surface area contributed by atoms with Gasteiger partial charge in [0.1, 0.15) is 0 Å². The van der Waals surface area contributed by atoms with Crippen molar-refractivity contribution in [2.75, 3.05) is 13.1 Å². The normalized spacial score (nSPS) is 19.7. The van der Waals surface area contributed by atoms with Gasteiger partial charge in [-0.15, -0.1) is 0 Å². The molecule has 1 aliphatic heterocycles. The molecule has 1 aliphatic rings. The standard InChI is InChI=1S/C16H27N3O/c1-11(2)19-12(3)9-15(13(19)4)16(20)18-8-6-5-7-14(18)10-17/h9,11,14H,5-8,10,17H2,1-4H3/t14-/m1/s1. The van der Waals surface area contributed by atoms with Crippen LogP contribution in [0, 0.1) is 13.8 Å². The monoisotopic (exact) mass is 277 g/mol. The van der Waals surface area contributed by atoms with Crippen LogP contribution in [0.5, 0.6) is 0 Å². The molecule has 1 aromatic heterocycles. The molecule has 1 saturated heterocycles. The molecule has 2 N–H and O–H groups in total. The van der Waals surface area contributed by atoms with Crippen molar-refractivity contribution in [3.05, 3.63) is 23.0 Å². The first-order valence-electron chi connectivity index (χ1n) is 7.66. The van der Waals surface area contributed by atoms with E-state index in [4.69, 9.17) is 5.73 Å². The van der Waals surface area contributed by atoms with Crippen LogP contribution in [0.2, 0.25) is 0 Å². The Morgan fingerprint density at radius 3 is 2.65 bits per heavy atom. The van der Waals surface area contributed by atoms with Gasteiger partial charge in [0, 0.05) is 36.6 Å². The van der Waals surface area contributed by atoms with Gasteiger partial charge in [-0.05, 0) is 53.0 Å². The minimum atomic E-state index is 0.153. The van der Waals surface area contributed by atoms with E-state index in [1.165, 1.54) is 6.42 Å². The summed E-state index contributed by atoms with van der Waals surface area (Å²) in [5.41, 5.74) is 8.90. The summed E-state index contributed by atoms with van der Waals surface area (Å²) in [4.78, 5) is 14.8. The summed E-state index contributed by atoms with van der Waals surface area (Å²) in [5, 5.41) is 0. The Kier molecular flexibility index (Phi) is 4.53. The molecule has 0 bridgehead atoms. The second-order valence-electron chi connectivity index (χ2n) is 6.13. The lowest BCUT2D eigenvalue weighted by Crippen LogP contribution is -2.47. The number of hydrogen-bond donors (Lipinski definition) is 1. The molecule has 0 unspecified atom stereocenters. The predicted molar refractivity (Wildman–Crippen MR) is 82.0 cm³/mol. The van der Waals surface area contributed by atoms with E-state index in [0.717, 1.165) is 36.3 Å². The number of nitrogens with zero attached hydrogens (tertiary/aromatic N) is 2. The summed E-state index contributed by atoms with van der Waals surface area (Å²) in [6, 6.07) is 2.61. The highest BCUT2D eigenvalue weighted by Gasteiger charge is 2.28. The van der Waals surface area contributed by atoms with Gasteiger partial charge < -0.3 is 15.2 Å². The molecule has 0 aliphatic carbocycles. The largest absolute Gasteiger partial charge is 0.346 e. The molecule has 2 heterocycles. The summed E-state index contributed by atoms with van der Waals surface area (Å²) in [7, 11) is 0. The molecule has 1 fully saturated rings. The fourth-order valence-electron chi connectivity index (χ4n) is 3.46. The number of rotatable bonds is 3. The maximum Gasteiger partial charge on any atom is 0.255 e. The summed E-state index contributed by atoms with van der Waals surface area (Å²) >= 11 is 0. The number of nitrogens with two attached hydrogens (primary N) is 1. The topological polar surface area (TPSA) is 51.3 Å². The maximum absolute atomic E-state index is 12.8. The molecule has 0 radical (unpaired) electrons. The number of likely N-dealkylation sites (tertiary alicyclic amines) is 1. The molecular formula is C16H27N3O. The molecule has 1 amide bonds. The van der Waals surface area contributed by atoms with Gasteiger partial charge in [0.25, 0.3) is 5.91 Å². The SMILES string of the molecule is Cc1cc(C(=O)N2CCCC[C@@H]2CN)c(C)n1C(C)C. The van der Waals surface area contributed by atoms with Crippen LogP contribution in [0.25, 0.3) is 0 Å². The van der Waals surface area contributed by atoms with Gasteiger partial charge >= 0.3 is 0 Å². The van der Waals surface area contributed by atoms with E-state index in [1.54, 1.807) is 0 Å². The van der Waals surface area contributed by atoms with Crippen molar-refractivity contribution in [3.63, 3.8) is 0 Å². The number of hydrogen-bond acceptors (Lipinski definition) is 2. The van der Waals surface area contributed by atoms with E-state index in [1.807, 2.05) is 17.9 Å². The van der Waals surface area contributed by atoms with Gasteiger partial charge in [0.05, 0.1) is 5.56 Å². The quantitative estimate of drug-likeness (QED) is 0.923. The third-order valence-electron chi connectivity index (χ3n) is 4.39. The lowest BCUT2D eigenvalue weighted by molar-refractivity contribution is 0.0622. The zero-order chi connectivity index (χ0) is 14.9. The number of carbonyl (C=O) groups excluding carboxylic acids is 1. The fraction of sp³-hybridized carbons (Fsp3) is 0.688. The second-order valence-corrected chi connectivity index (χ2v) is 6.13. The Morgan fingerprint density at radius 1 is 1.40 bits per heavy atom. The van der Waals surface area contributed by atoms with Gasteiger partial charge in [-0.3, -0.25) is 4.79 Å². The highest BCUT2D eigenvalue weighted by Crippen LogP contribution is 2.24. The first-order chi connectivity index (χ1) is 9.47. The van der Waals surface area contributed by atoms with E-state index in [0.29, 0.717) is 12.6 Å². The average molecular weight is 277 g/mol. The van der Waals surface area contributed by atoms with Crippen LogP contribution in [0.3, 0.4) is 0 Å². The van der Waals surface area contributed by atoms with Gasteiger partial charge in [-0.1, -0.05) is 0 Å². The Labute approximate surface area is 121 Å². The van der Waals surface area contributed by atoms with Crippen LogP contribution in [-0.4, -0.2) is 34.5 Å². The zero-order valence-corrected chi connectivity index (χ0v) is 13.1. The van der Waals surface area contributed by atoms with Crippen molar-refractivity contribution < 1.29 is 4.79 Å². The summed E-state index contributed by atoms with van der Waals surface area (Å²) in [5.74, 6) is 0.153. The number of aryl methyl sites for hydroxylation is 1. The van der Waals surface area contributed by atoms with Crippen LogP contribution in [0.15, 0.2) is 6.07 Å². The molecule has 2 rings (SSSR count). The van der Waals surface area contributed by atoms with E-state index in [9.17, 15) is 4.79 Å². The lowest BCUT2D eigenvalue weighted by atomic mass is 10.0. The average Bonchev–Trinajstić information content (AvgIpc) is 2.73. The van der Waals surface area contributed by atoms with Crippen LogP contribution >= 0.6 is 0 Å². The number of piperidine rings is 1. The summed E-state index contributed by atoms with van der Waals surface area (Å²) < 4.78 is 2.23. The third kappa shape index (κ3) is 2.62. The number of carbonyl (C=O) groups is 1. The molecule has 112 valence electrons. The fourth-order valence-corrected chi connectivity index (χ4v) is 3.46. The molecule has 1 atom stereocenters. The van der Waals surface area contributed by atoms with Crippen molar-refractivity contribution in [1.29, 1.82) is 0 Å². The van der Waals surface area contributed by atoms with Gasteiger partial charge in [-0.25, -0.2) is 0 Å². The van der Waals surface area contributed by atoms with Crippen LogP contribution in [0.1, 0.15) is 60.9 Å². The Hall–Kier alpha value is -1.29. The zero-order valence-electron chi connectivity index (χ0n) is 13.1. The van der Waals surface area contributed by atoms with Crippen LogP contribution in [0.4, 0.5) is 0 Å². The van der Waals surface area contributed by atoms with E-state index in [2.05, 4.69) is 25.3 Å². The summed E-state index contributed by atoms with van der Waals surface area (Å²) in [6.45, 7) is 9.82. The molecular weight excluding hydrogens is 250 g/mol. The number of aromatic nitrogens is 1. The minimum absolute atomic E-state index is 0.153. The molecule has 0 spiro atoms. The third-order valence-corrected chi connectivity index (χ3v) is 4.39. The van der Waals surface area contributed by atoms with E-state index >= 15 is 0 Å². The first kappa shape index (κ1) is 15.1. The van der Waals surface area contributed by atoms with E-state index in [-0.39, 0.29) is 11.9 Å². The second kappa shape index (κ2) is 6.00. The lowest BCUT2D eigenvalue weighted by Gasteiger charge is -2.35. The van der Waals surface area contributed by atoms with Crippen LogP contribution < -0.4 is 5.73 Å². The molecule has 1 aromatic rings. The van der Waals surface area contributed by atoms with E-state index < -0.39 is 0 Å².